The van der Waals surface area contributed by atoms with Gasteiger partial charge in [-0.05, 0) is 50.7 Å². The first-order valence-corrected chi connectivity index (χ1v) is 10.4. The van der Waals surface area contributed by atoms with Gasteiger partial charge in [0.1, 0.15) is 5.75 Å². The highest BCUT2D eigenvalue weighted by molar-refractivity contribution is 5.93. The van der Waals surface area contributed by atoms with Crippen LogP contribution >= 0.6 is 0 Å². The number of amides is 2. The fraction of sp³-hybridized carbons (Fsp3) is 0.636. The molecule has 0 unspecified atom stereocenters. The van der Waals surface area contributed by atoms with E-state index in [2.05, 4.69) is 10.6 Å². The van der Waals surface area contributed by atoms with Crippen molar-refractivity contribution in [1.82, 2.24) is 5.32 Å². The molecular formula is C22H32N2O3. The van der Waals surface area contributed by atoms with Crippen molar-refractivity contribution >= 4 is 17.5 Å². The SMILES string of the molecule is COc1cccc(NC(=O)C2CCC(C(=O)NC3CCCCCC3)CC2)c1. The maximum atomic E-state index is 12.6. The molecule has 2 N–H and O–H groups in total. The Kier molecular flexibility index (Phi) is 7.13. The van der Waals surface area contributed by atoms with Crippen molar-refractivity contribution in [2.75, 3.05) is 12.4 Å². The van der Waals surface area contributed by atoms with Crippen LogP contribution in [0.4, 0.5) is 5.69 Å². The molecule has 27 heavy (non-hydrogen) atoms. The summed E-state index contributed by atoms with van der Waals surface area (Å²) in [7, 11) is 1.61. The summed E-state index contributed by atoms with van der Waals surface area (Å²) < 4.78 is 5.20. The van der Waals surface area contributed by atoms with Crippen LogP contribution in [-0.2, 0) is 9.59 Å². The van der Waals surface area contributed by atoms with Crippen molar-refractivity contribution in [2.24, 2.45) is 11.8 Å². The van der Waals surface area contributed by atoms with Gasteiger partial charge in [0.05, 0.1) is 7.11 Å². The highest BCUT2D eigenvalue weighted by Crippen LogP contribution is 2.30. The molecule has 5 nitrogen and oxygen atoms in total. The lowest BCUT2D eigenvalue weighted by molar-refractivity contribution is -0.129. The second-order valence-electron chi connectivity index (χ2n) is 7.97. The van der Waals surface area contributed by atoms with Crippen LogP contribution in [-0.4, -0.2) is 25.0 Å². The first-order valence-electron chi connectivity index (χ1n) is 10.4. The Morgan fingerprint density at radius 3 is 2.15 bits per heavy atom. The van der Waals surface area contributed by atoms with Gasteiger partial charge in [-0.25, -0.2) is 0 Å². The largest absolute Gasteiger partial charge is 0.497 e. The van der Waals surface area contributed by atoms with Crippen LogP contribution in [0.3, 0.4) is 0 Å². The van der Waals surface area contributed by atoms with E-state index in [4.69, 9.17) is 4.74 Å². The fourth-order valence-corrected chi connectivity index (χ4v) is 4.31. The molecule has 0 heterocycles. The summed E-state index contributed by atoms with van der Waals surface area (Å²) in [6.45, 7) is 0. The average Bonchev–Trinajstić information content (AvgIpc) is 2.97. The number of benzene rings is 1. The van der Waals surface area contributed by atoms with Gasteiger partial charge in [0, 0.05) is 29.6 Å². The van der Waals surface area contributed by atoms with Crippen LogP contribution in [0.1, 0.15) is 64.2 Å². The van der Waals surface area contributed by atoms with Gasteiger partial charge in [-0.2, -0.15) is 0 Å². The first-order chi connectivity index (χ1) is 13.2. The van der Waals surface area contributed by atoms with Gasteiger partial charge in [0.2, 0.25) is 11.8 Å². The van der Waals surface area contributed by atoms with E-state index >= 15 is 0 Å². The van der Waals surface area contributed by atoms with E-state index in [0.717, 1.165) is 50.0 Å². The predicted octanol–water partition coefficient (Wildman–Crippen LogP) is 4.28. The van der Waals surface area contributed by atoms with Crippen molar-refractivity contribution in [1.29, 1.82) is 0 Å². The Morgan fingerprint density at radius 1 is 0.889 bits per heavy atom. The molecule has 0 radical (unpaired) electrons. The van der Waals surface area contributed by atoms with E-state index < -0.39 is 0 Å². The summed E-state index contributed by atoms with van der Waals surface area (Å²) in [6.07, 6.45) is 10.4. The minimum absolute atomic E-state index is 0.0156. The smallest absolute Gasteiger partial charge is 0.227 e. The summed E-state index contributed by atoms with van der Waals surface area (Å²) in [4.78, 5) is 25.1. The van der Waals surface area contributed by atoms with Gasteiger partial charge < -0.3 is 15.4 Å². The molecule has 2 amide bonds. The summed E-state index contributed by atoms with van der Waals surface area (Å²) >= 11 is 0. The Labute approximate surface area is 162 Å². The number of hydrogen-bond acceptors (Lipinski definition) is 3. The van der Waals surface area contributed by atoms with E-state index in [9.17, 15) is 9.59 Å². The zero-order valence-corrected chi connectivity index (χ0v) is 16.3. The molecule has 0 atom stereocenters. The molecule has 0 saturated heterocycles. The number of ether oxygens (including phenoxy) is 1. The molecule has 2 saturated carbocycles. The van der Waals surface area contributed by atoms with E-state index in [1.165, 1.54) is 25.7 Å². The molecule has 0 spiro atoms. The van der Waals surface area contributed by atoms with Crippen molar-refractivity contribution in [2.45, 2.75) is 70.3 Å². The van der Waals surface area contributed by atoms with Gasteiger partial charge in [-0.1, -0.05) is 31.7 Å². The van der Waals surface area contributed by atoms with Gasteiger partial charge in [0.25, 0.3) is 0 Å². The van der Waals surface area contributed by atoms with E-state index in [0.29, 0.717) is 6.04 Å². The number of hydrogen-bond donors (Lipinski definition) is 2. The molecule has 148 valence electrons. The third-order valence-electron chi connectivity index (χ3n) is 6.01. The fourth-order valence-electron chi connectivity index (χ4n) is 4.31. The molecule has 2 fully saturated rings. The van der Waals surface area contributed by atoms with Gasteiger partial charge in [0.15, 0.2) is 0 Å². The van der Waals surface area contributed by atoms with E-state index in [1.54, 1.807) is 7.11 Å². The normalized spacial score (nSPS) is 23.9. The maximum absolute atomic E-state index is 12.6. The summed E-state index contributed by atoms with van der Waals surface area (Å²) in [5.41, 5.74) is 0.757. The second kappa shape index (κ2) is 9.77. The molecule has 1 aromatic rings. The minimum Gasteiger partial charge on any atom is -0.497 e. The van der Waals surface area contributed by atoms with Crippen LogP contribution in [0.2, 0.25) is 0 Å². The van der Waals surface area contributed by atoms with Crippen LogP contribution in [0.25, 0.3) is 0 Å². The molecule has 3 rings (SSSR count). The van der Waals surface area contributed by atoms with Crippen LogP contribution in [0.5, 0.6) is 5.75 Å². The van der Waals surface area contributed by atoms with Crippen LogP contribution in [0, 0.1) is 11.8 Å². The summed E-state index contributed by atoms with van der Waals surface area (Å²) in [6, 6.07) is 7.77. The number of carbonyl (C=O) groups is 2. The number of carbonyl (C=O) groups excluding carboxylic acids is 2. The lowest BCUT2D eigenvalue weighted by Crippen LogP contribution is -2.40. The number of anilines is 1. The standard InChI is InChI=1S/C22H32N2O3/c1-27-20-10-6-9-19(15-20)24-22(26)17-13-11-16(12-14-17)21(25)23-18-7-4-2-3-5-8-18/h6,9-10,15-18H,2-5,7-8,11-14H2,1H3,(H,23,25)(H,24,26). The Bertz CT molecular complexity index is 630. The van der Waals surface area contributed by atoms with Gasteiger partial charge in [-0.3, -0.25) is 9.59 Å². The van der Waals surface area contributed by atoms with Gasteiger partial charge in [-0.15, -0.1) is 0 Å². The van der Waals surface area contributed by atoms with E-state index in [1.807, 2.05) is 24.3 Å². The molecule has 2 aliphatic rings. The van der Waals surface area contributed by atoms with Crippen molar-refractivity contribution in [3.8, 4) is 5.75 Å². The molecular weight excluding hydrogens is 340 g/mol. The monoisotopic (exact) mass is 372 g/mol. The molecule has 0 aromatic heterocycles. The lowest BCUT2D eigenvalue weighted by atomic mass is 9.81. The van der Waals surface area contributed by atoms with Gasteiger partial charge >= 0.3 is 0 Å². The Balaban J connectivity index is 1.44. The van der Waals surface area contributed by atoms with Crippen molar-refractivity contribution in [3.05, 3.63) is 24.3 Å². The van der Waals surface area contributed by atoms with E-state index in [-0.39, 0.29) is 23.7 Å². The molecule has 2 aliphatic carbocycles. The second-order valence-corrected chi connectivity index (χ2v) is 7.97. The quantitative estimate of drug-likeness (QED) is 0.758. The topological polar surface area (TPSA) is 67.4 Å². The molecule has 0 bridgehead atoms. The van der Waals surface area contributed by atoms with Crippen LogP contribution in [0.15, 0.2) is 24.3 Å². The number of nitrogens with one attached hydrogen (secondary N) is 2. The van der Waals surface area contributed by atoms with Crippen molar-refractivity contribution < 1.29 is 14.3 Å². The number of rotatable bonds is 5. The third-order valence-corrected chi connectivity index (χ3v) is 6.01. The molecule has 1 aromatic carbocycles. The number of methoxy groups -OCH3 is 1. The average molecular weight is 373 g/mol. The Morgan fingerprint density at radius 2 is 1.52 bits per heavy atom. The zero-order chi connectivity index (χ0) is 19.1. The predicted molar refractivity (Wildman–Crippen MR) is 107 cm³/mol. The minimum atomic E-state index is -0.0156. The highest BCUT2D eigenvalue weighted by Gasteiger charge is 2.30. The highest BCUT2D eigenvalue weighted by atomic mass is 16.5. The lowest BCUT2D eigenvalue weighted by Gasteiger charge is -2.28. The third kappa shape index (κ3) is 5.72. The molecule has 5 heteroatoms. The zero-order valence-electron chi connectivity index (χ0n) is 16.3. The molecule has 0 aliphatic heterocycles. The maximum Gasteiger partial charge on any atom is 0.227 e. The summed E-state index contributed by atoms with van der Waals surface area (Å²) in [5, 5.41) is 6.26. The first kappa shape index (κ1) is 19.7. The van der Waals surface area contributed by atoms with Crippen molar-refractivity contribution in [3.63, 3.8) is 0 Å². The summed E-state index contributed by atoms with van der Waals surface area (Å²) in [5.74, 6) is 1.03. The van der Waals surface area contributed by atoms with Crippen LogP contribution < -0.4 is 15.4 Å². The Hall–Kier alpha value is -2.04.